The Hall–Kier alpha value is -2.87. The lowest BCUT2D eigenvalue weighted by molar-refractivity contribution is 0.187. The van der Waals surface area contributed by atoms with Gasteiger partial charge in [0, 0.05) is 0 Å². The highest BCUT2D eigenvalue weighted by Crippen LogP contribution is 2.37. The topological polar surface area (TPSA) is 85.7 Å². The zero-order valence-electron chi connectivity index (χ0n) is 17.4. The number of ether oxygens (including phenoxy) is 2. The Morgan fingerprint density at radius 2 is 1.90 bits per heavy atom. The molecule has 0 aliphatic heterocycles. The van der Waals surface area contributed by atoms with Crippen molar-refractivity contribution < 1.29 is 9.47 Å². The molecule has 0 aliphatic rings. The first-order chi connectivity index (χ1) is 14.2. The van der Waals surface area contributed by atoms with Crippen molar-refractivity contribution in [2.45, 2.75) is 27.7 Å². The number of benzene rings is 2. The van der Waals surface area contributed by atoms with Crippen LogP contribution in [0, 0.1) is 5.41 Å². The Balaban J connectivity index is 1.99. The van der Waals surface area contributed by atoms with Crippen molar-refractivity contribution in [3.63, 3.8) is 0 Å². The molecule has 158 valence electrons. The number of nitrogens with one attached hydrogen (secondary N) is 1. The predicted molar refractivity (Wildman–Crippen MR) is 122 cm³/mol. The number of nitrogens with zero attached hydrogens (tertiary/aromatic N) is 2. The largest absolute Gasteiger partial charge is 0.490 e. The van der Waals surface area contributed by atoms with Gasteiger partial charge in [-0.05, 0) is 58.1 Å². The highest BCUT2D eigenvalue weighted by Gasteiger charge is 2.17. The summed E-state index contributed by atoms with van der Waals surface area (Å²) in [4.78, 5) is 27.6. The summed E-state index contributed by atoms with van der Waals surface area (Å²) in [6.07, 6.45) is 1.44. The van der Waals surface area contributed by atoms with Crippen LogP contribution >= 0.6 is 15.9 Å². The van der Waals surface area contributed by atoms with Crippen LogP contribution in [0.4, 0.5) is 0 Å². The molecule has 0 unspecified atom stereocenters. The number of rotatable bonds is 6. The highest BCUT2D eigenvalue weighted by atomic mass is 79.9. The third kappa shape index (κ3) is 4.99. The average Bonchev–Trinajstić information content (AvgIpc) is 2.66. The third-order valence-electron chi connectivity index (χ3n) is 4.09. The molecule has 0 amide bonds. The van der Waals surface area contributed by atoms with Gasteiger partial charge >= 0.3 is 5.69 Å². The van der Waals surface area contributed by atoms with Crippen LogP contribution in [0.5, 0.6) is 11.5 Å². The number of H-pyrrole nitrogens is 1. The smallest absolute Gasteiger partial charge is 0.349 e. The van der Waals surface area contributed by atoms with Crippen LogP contribution in [0.3, 0.4) is 0 Å². The molecule has 1 N–H and O–H groups in total. The van der Waals surface area contributed by atoms with Gasteiger partial charge in [0.2, 0.25) is 0 Å². The second-order valence-electron chi connectivity index (χ2n) is 7.95. The number of aromatic amines is 1. The fraction of sp³-hybridized carbons (Fsp3) is 0.318. The van der Waals surface area contributed by atoms with E-state index < -0.39 is 11.2 Å². The van der Waals surface area contributed by atoms with Crippen LogP contribution in [-0.4, -0.2) is 29.1 Å². The SMILES string of the molecule is CCOc1cc(C=Nn2c(=O)[nH]c3ccccc3c2=O)cc(Br)c1OCC(C)(C)C. The first-order valence-corrected chi connectivity index (χ1v) is 10.4. The van der Waals surface area contributed by atoms with E-state index in [4.69, 9.17) is 9.47 Å². The summed E-state index contributed by atoms with van der Waals surface area (Å²) in [7, 11) is 0. The third-order valence-corrected chi connectivity index (χ3v) is 4.68. The molecule has 0 spiro atoms. The van der Waals surface area contributed by atoms with E-state index in [0.29, 0.717) is 45.7 Å². The second kappa shape index (κ2) is 8.87. The van der Waals surface area contributed by atoms with Gasteiger partial charge in [-0.15, -0.1) is 4.68 Å². The van der Waals surface area contributed by atoms with Crippen molar-refractivity contribution in [2.24, 2.45) is 10.5 Å². The normalized spacial score (nSPS) is 11.9. The average molecular weight is 474 g/mol. The highest BCUT2D eigenvalue weighted by molar-refractivity contribution is 9.10. The summed E-state index contributed by atoms with van der Waals surface area (Å²) in [5.74, 6) is 1.15. The van der Waals surface area contributed by atoms with Crippen LogP contribution in [0.1, 0.15) is 33.3 Å². The minimum atomic E-state index is -0.607. The lowest BCUT2D eigenvalue weighted by Gasteiger charge is -2.21. The Labute approximate surface area is 182 Å². The van der Waals surface area contributed by atoms with Crippen molar-refractivity contribution in [3.05, 3.63) is 67.3 Å². The fourth-order valence-electron chi connectivity index (χ4n) is 2.74. The van der Waals surface area contributed by atoms with Crippen molar-refractivity contribution in [1.29, 1.82) is 0 Å². The lowest BCUT2D eigenvalue weighted by atomic mass is 9.99. The molecule has 0 saturated carbocycles. The van der Waals surface area contributed by atoms with E-state index in [9.17, 15) is 9.59 Å². The van der Waals surface area contributed by atoms with Gasteiger partial charge in [0.05, 0.1) is 34.8 Å². The molecule has 0 fully saturated rings. The maximum atomic E-state index is 12.6. The molecular weight excluding hydrogens is 450 g/mol. The maximum absolute atomic E-state index is 12.6. The molecular formula is C22H24BrN3O4. The molecule has 7 nitrogen and oxygen atoms in total. The van der Waals surface area contributed by atoms with Gasteiger partial charge in [0.25, 0.3) is 5.56 Å². The van der Waals surface area contributed by atoms with Crippen LogP contribution < -0.4 is 20.7 Å². The van der Waals surface area contributed by atoms with Crippen LogP contribution in [0.25, 0.3) is 10.9 Å². The van der Waals surface area contributed by atoms with Gasteiger partial charge in [-0.25, -0.2) is 4.79 Å². The Morgan fingerprint density at radius 1 is 1.17 bits per heavy atom. The van der Waals surface area contributed by atoms with Gasteiger partial charge in [-0.3, -0.25) is 4.79 Å². The summed E-state index contributed by atoms with van der Waals surface area (Å²) >= 11 is 3.52. The number of hydrogen-bond acceptors (Lipinski definition) is 5. The molecule has 2 aromatic carbocycles. The summed E-state index contributed by atoms with van der Waals surface area (Å²) in [6, 6.07) is 10.4. The number of hydrogen-bond donors (Lipinski definition) is 1. The molecule has 0 radical (unpaired) electrons. The fourth-order valence-corrected chi connectivity index (χ4v) is 3.31. The molecule has 0 atom stereocenters. The molecule has 0 aliphatic carbocycles. The zero-order valence-corrected chi connectivity index (χ0v) is 18.9. The number of fused-ring (bicyclic) bond motifs is 1. The summed E-state index contributed by atoms with van der Waals surface area (Å²) in [5, 5.41) is 4.49. The van der Waals surface area contributed by atoms with Gasteiger partial charge in [0.15, 0.2) is 11.5 Å². The number of aromatic nitrogens is 2. The van der Waals surface area contributed by atoms with Crippen LogP contribution in [-0.2, 0) is 0 Å². The number of para-hydroxylation sites is 1. The van der Waals surface area contributed by atoms with Gasteiger partial charge < -0.3 is 14.5 Å². The van der Waals surface area contributed by atoms with Crippen LogP contribution in [0.15, 0.2) is 55.6 Å². The Kier molecular flexibility index (Phi) is 6.45. The molecule has 30 heavy (non-hydrogen) atoms. The van der Waals surface area contributed by atoms with Crippen molar-refractivity contribution in [3.8, 4) is 11.5 Å². The lowest BCUT2D eigenvalue weighted by Crippen LogP contribution is -2.32. The molecule has 3 rings (SSSR count). The molecule has 1 aromatic heterocycles. The number of halogens is 1. The minimum absolute atomic E-state index is 0.0126. The van der Waals surface area contributed by atoms with Crippen molar-refractivity contribution >= 4 is 33.0 Å². The van der Waals surface area contributed by atoms with Gasteiger partial charge in [-0.2, -0.15) is 5.10 Å². The predicted octanol–water partition coefficient (Wildman–Crippen LogP) is 4.16. The molecule has 0 bridgehead atoms. The van der Waals surface area contributed by atoms with E-state index in [1.165, 1.54) is 6.21 Å². The summed E-state index contributed by atoms with van der Waals surface area (Å²) in [5.41, 5.74) is 0.0130. The maximum Gasteiger partial charge on any atom is 0.349 e. The van der Waals surface area contributed by atoms with Crippen LogP contribution in [0.2, 0.25) is 0 Å². The van der Waals surface area contributed by atoms with Gasteiger partial charge in [-0.1, -0.05) is 32.9 Å². The molecule has 8 heteroatoms. The first-order valence-electron chi connectivity index (χ1n) is 9.57. The van der Waals surface area contributed by atoms with E-state index in [2.05, 4.69) is 46.8 Å². The standard InChI is InChI=1S/C22H24BrN3O4/c1-5-29-18-11-14(10-16(23)19(18)30-13-22(2,3)4)12-24-26-20(27)15-8-6-7-9-17(15)25-21(26)28/h6-12H,5,13H2,1-4H3,(H,25,28). The van der Waals surface area contributed by atoms with E-state index in [1.54, 1.807) is 36.4 Å². The summed E-state index contributed by atoms with van der Waals surface area (Å²) < 4.78 is 13.2. The van der Waals surface area contributed by atoms with E-state index in [0.717, 1.165) is 4.68 Å². The van der Waals surface area contributed by atoms with E-state index >= 15 is 0 Å². The van der Waals surface area contributed by atoms with E-state index in [-0.39, 0.29) is 5.41 Å². The molecule has 0 saturated heterocycles. The molecule has 3 aromatic rings. The second-order valence-corrected chi connectivity index (χ2v) is 8.80. The Morgan fingerprint density at radius 3 is 2.60 bits per heavy atom. The van der Waals surface area contributed by atoms with E-state index in [1.807, 2.05) is 6.92 Å². The van der Waals surface area contributed by atoms with Crippen molar-refractivity contribution in [1.82, 2.24) is 9.66 Å². The molecule has 1 heterocycles. The van der Waals surface area contributed by atoms with Crippen molar-refractivity contribution in [2.75, 3.05) is 13.2 Å². The van der Waals surface area contributed by atoms with Gasteiger partial charge in [0.1, 0.15) is 0 Å². The summed E-state index contributed by atoms with van der Waals surface area (Å²) in [6.45, 7) is 9.11. The Bertz CT molecular complexity index is 1210. The minimum Gasteiger partial charge on any atom is -0.490 e. The monoisotopic (exact) mass is 473 g/mol. The zero-order chi connectivity index (χ0) is 21.9. The quantitative estimate of drug-likeness (QED) is 0.544. The first kappa shape index (κ1) is 21.8.